The zero-order chi connectivity index (χ0) is 6.85. The van der Waals surface area contributed by atoms with Crippen molar-refractivity contribution in [3.63, 3.8) is 0 Å². The molecule has 0 aromatic heterocycles. The van der Waals surface area contributed by atoms with Gasteiger partial charge in [0.25, 0.3) is 0 Å². The Bertz CT molecular complexity index is 86.0. The van der Waals surface area contributed by atoms with E-state index in [9.17, 15) is 0 Å². The van der Waals surface area contributed by atoms with Crippen LogP contribution in [0.4, 0.5) is 0 Å². The Kier molecular flexibility index (Phi) is 2.15. The standard InChI is InChI=1S/C9H17/c1-7-4-5-8(2)9(3)6-7/h7-9H,2,4-6H2,1,3H3. The first kappa shape index (κ1) is 7.11. The minimum atomic E-state index is 0.737. The van der Waals surface area contributed by atoms with Gasteiger partial charge in [-0.05, 0) is 37.5 Å². The van der Waals surface area contributed by atoms with E-state index in [4.69, 9.17) is 0 Å². The lowest BCUT2D eigenvalue weighted by molar-refractivity contribution is 0.241. The predicted octanol–water partition coefficient (Wildman–Crippen LogP) is 2.89. The highest BCUT2D eigenvalue weighted by Crippen LogP contribution is 2.32. The third kappa shape index (κ3) is 1.70. The largest absolute Gasteiger partial charge is 0.0625 e. The molecule has 0 N–H and O–H groups in total. The molecule has 1 aliphatic rings. The molecule has 3 atom stereocenters. The first-order valence-corrected chi connectivity index (χ1v) is 4.03. The molecule has 1 aliphatic carbocycles. The molecule has 1 fully saturated rings. The Morgan fingerprint density at radius 3 is 2.33 bits per heavy atom. The fourth-order valence-corrected chi connectivity index (χ4v) is 1.73. The van der Waals surface area contributed by atoms with Crippen molar-refractivity contribution in [2.24, 2.45) is 17.8 Å². The molecule has 0 bridgehead atoms. The van der Waals surface area contributed by atoms with Crippen LogP contribution in [-0.2, 0) is 0 Å². The molecule has 0 aromatic carbocycles. The lowest BCUT2D eigenvalue weighted by Gasteiger charge is -2.29. The Morgan fingerprint density at radius 2 is 1.89 bits per heavy atom. The first-order chi connectivity index (χ1) is 4.20. The average molecular weight is 125 g/mol. The zero-order valence-corrected chi connectivity index (χ0v) is 6.56. The van der Waals surface area contributed by atoms with Gasteiger partial charge in [-0.3, -0.25) is 0 Å². The van der Waals surface area contributed by atoms with E-state index in [1.54, 1.807) is 0 Å². The molecule has 0 amide bonds. The molecule has 1 radical (unpaired) electrons. The van der Waals surface area contributed by atoms with E-state index in [0.29, 0.717) is 0 Å². The van der Waals surface area contributed by atoms with Gasteiger partial charge >= 0.3 is 0 Å². The van der Waals surface area contributed by atoms with Gasteiger partial charge in [0.15, 0.2) is 0 Å². The van der Waals surface area contributed by atoms with Gasteiger partial charge in [0.2, 0.25) is 0 Å². The SMILES string of the molecule is [CH2]C1CCC(C)CC1C. The topological polar surface area (TPSA) is 0 Å². The van der Waals surface area contributed by atoms with Crippen LogP contribution in [0, 0.1) is 24.7 Å². The molecule has 0 saturated heterocycles. The molecule has 0 spiro atoms. The van der Waals surface area contributed by atoms with Gasteiger partial charge in [0.1, 0.15) is 0 Å². The van der Waals surface area contributed by atoms with E-state index in [2.05, 4.69) is 20.8 Å². The van der Waals surface area contributed by atoms with E-state index in [1.165, 1.54) is 19.3 Å². The van der Waals surface area contributed by atoms with Crippen LogP contribution in [0.1, 0.15) is 33.1 Å². The third-order valence-electron chi connectivity index (χ3n) is 2.61. The van der Waals surface area contributed by atoms with Crippen molar-refractivity contribution in [2.75, 3.05) is 0 Å². The van der Waals surface area contributed by atoms with Crippen LogP contribution in [0.15, 0.2) is 0 Å². The van der Waals surface area contributed by atoms with Crippen LogP contribution >= 0.6 is 0 Å². The van der Waals surface area contributed by atoms with E-state index in [0.717, 1.165) is 17.8 Å². The summed E-state index contributed by atoms with van der Waals surface area (Å²) in [5.41, 5.74) is 0. The molecule has 1 rings (SSSR count). The molecule has 53 valence electrons. The van der Waals surface area contributed by atoms with E-state index in [1.807, 2.05) is 0 Å². The van der Waals surface area contributed by atoms with Crippen LogP contribution in [0.3, 0.4) is 0 Å². The van der Waals surface area contributed by atoms with Crippen molar-refractivity contribution in [3.05, 3.63) is 6.92 Å². The highest BCUT2D eigenvalue weighted by atomic mass is 14.3. The molecule has 1 saturated carbocycles. The number of hydrogen-bond donors (Lipinski definition) is 0. The quantitative estimate of drug-likeness (QED) is 0.467. The summed E-state index contributed by atoms with van der Waals surface area (Å²) < 4.78 is 0. The highest BCUT2D eigenvalue weighted by molar-refractivity contribution is 4.76. The van der Waals surface area contributed by atoms with Gasteiger partial charge in [0, 0.05) is 0 Å². The monoisotopic (exact) mass is 125 g/mol. The lowest BCUT2D eigenvalue weighted by atomic mass is 9.77. The number of rotatable bonds is 0. The molecular weight excluding hydrogens is 108 g/mol. The Balaban J connectivity index is 2.35. The average Bonchev–Trinajstić information content (AvgIpc) is 1.80. The van der Waals surface area contributed by atoms with Gasteiger partial charge < -0.3 is 0 Å². The van der Waals surface area contributed by atoms with Crippen molar-refractivity contribution in [1.29, 1.82) is 0 Å². The zero-order valence-electron chi connectivity index (χ0n) is 6.56. The molecule has 0 nitrogen and oxygen atoms in total. The first-order valence-electron chi connectivity index (χ1n) is 4.03. The fourth-order valence-electron chi connectivity index (χ4n) is 1.73. The van der Waals surface area contributed by atoms with Crippen molar-refractivity contribution >= 4 is 0 Å². The van der Waals surface area contributed by atoms with Crippen molar-refractivity contribution in [3.8, 4) is 0 Å². The fraction of sp³-hybridized carbons (Fsp3) is 0.889. The van der Waals surface area contributed by atoms with Crippen molar-refractivity contribution in [1.82, 2.24) is 0 Å². The van der Waals surface area contributed by atoms with Crippen LogP contribution in [0.25, 0.3) is 0 Å². The maximum atomic E-state index is 4.11. The summed E-state index contributed by atoms with van der Waals surface area (Å²) in [4.78, 5) is 0. The smallest absolute Gasteiger partial charge is 0.0388 e. The maximum absolute atomic E-state index is 4.11. The summed E-state index contributed by atoms with van der Waals surface area (Å²) in [7, 11) is 0. The normalized spacial score (nSPS) is 45.0. The second-order valence-corrected chi connectivity index (χ2v) is 3.66. The minimum Gasteiger partial charge on any atom is -0.0625 e. The summed E-state index contributed by atoms with van der Waals surface area (Å²) in [6.07, 6.45) is 4.15. The highest BCUT2D eigenvalue weighted by Gasteiger charge is 2.20. The minimum absolute atomic E-state index is 0.737. The van der Waals surface area contributed by atoms with Gasteiger partial charge in [-0.1, -0.05) is 20.3 Å². The van der Waals surface area contributed by atoms with Gasteiger partial charge in [-0.25, -0.2) is 0 Å². The summed E-state index contributed by atoms with van der Waals surface area (Å²) in [6, 6.07) is 0. The maximum Gasteiger partial charge on any atom is -0.0388 e. The number of hydrogen-bond acceptors (Lipinski definition) is 0. The van der Waals surface area contributed by atoms with Crippen LogP contribution < -0.4 is 0 Å². The van der Waals surface area contributed by atoms with Crippen LogP contribution in [-0.4, -0.2) is 0 Å². The second-order valence-electron chi connectivity index (χ2n) is 3.66. The third-order valence-corrected chi connectivity index (χ3v) is 2.61. The van der Waals surface area contributed by atoms with Gasteiger partial charge in [-0.2, -0.15) is 0 Å². The summed E-state index contributed by atoms with van der Waals surface area (Å²) in [5, 5.41) is 0. The van der Waals surface area contributed by atoms with Gasteiger partial charge in [-0.15, -0.1) is 0 Å². The predicted molar refractivity (Wildman–Crippen MR) is 41.0 cm³/mol. The molecule has 0 aromatic rings. The van der Waals surface area contributed by atoms with E-state index < -0.39 is 0 Å². The van der Waals surface area contributed by atoms with E-state index >= 15 is 0 Å². The Morgan fingerprint density at radius 1 is 1.22 bits per heavy atom. The molecule has 9 heavy (non-hydrogen) atoms. The van der Waals surface area contributed by atoms with Crippen molar-refractivity contribution < 1.29 is 0 Å². The van der Waals surface area contributed by atoms with Crippen molar-refractivity contribution in [2.45, 2.75) is 33.1 Å². The summed E-state index contributed by atoms with van der Waals surface area (Å²) in [6.45, 7) is 8.79. The van der Waals surface area contributed by atoms with Crippen LogP contribution in [0.5, 0.6) is 0 Å². The van der Waals surface area contributed by atoms with Gasteiger partial charge in [0.05, 0.1) is 0 Å². The molecule has 0 heterocycles. The Hall–Kier alpha value is 0. The Labute approximate surface area is 58.7 Å². The second kappa shape index (κ2) is 2.72. The summed E-state index contributed by atoms with van der Waals surface area (Å²) >= 11 is 0. The molecular formula is C9H17. The lowest BCUT2D eigenvalue weighted by Crippen LogP contribution is -2.18. The molecule has 0 aliphatic heterocycles. The summed E-state index contributed by atoms with van der Waals surface area (Å²) in [5.74, 6) is 2.56. The molecule has 0 heteroatoms. The van der Waals surface area contributed by atoms with Crippen LogP contribution in [0.2, 0.25) is 0 Å². The van der Waals surface area contributed by atoms with E-state index in [-0.39, 0.29) is 0 Å². The molecule has 3 unspecified atom stereocenters.